The molecule has 0 spiro atoms. The summed E-state index contributed by atoms with van der Waals surface area (Å²) in [6.45, 7) is 2.20. The molecule has 27 heavy (non-hydrogen) atoms. The number of aromatic amines is 1. The van der Waals surface area contributed by atoms with E-state index in [4.69, 9.17) is 4.74 Å². The molecule has 5 rings (SSSR count). The van der Waals surface area contributed by atoms with Gasteiger partial charge in [0.2, 0.25) is 0 Å². The molecular formula is C20H25N5O2. The van der Waals surface area contributed by atoms with Crippen LogP contribution in [0.15, 0.2) is 18.5 Å². The third-order valence-corrected chi connectivity index (χ3v) is 6.45. The zero-order chi connectivity index (χ0) is 18.4. The first-order valence-corrected chi connectivity index (χ1v) is 10.1. The standard InChI is InChI=1S/C20H25N5O2/c1-2-13-9-14(27-18(26)8-12-4-3-5-12)10-15(13)20-24-23-17-11-22-19-16(25(17)20)6-7-21-19/h6-7,11-15,21H,2-5,8-10H2,1H3/t13-,14-,15+/m1/s1. The normalized spacial score (nSPS) is 25.9. The Bertz CT molecular complexity index is 973. The maximum Gasteiger partial charge on any atom is 0.306 e. The van der Waals surface area contributed by atoms with Crippen molar-refractivity contribution >= 4 is 22.8 Å². The van der Waals surface area contributed by atoms with Crippen molar-refractivity contribution in [2.45, 2.75) is 63.9 Å². The van der Waals surface area contributed by atoms with Crippen LogP contribution in [0.1, 0.15) is 63.6 Å². The molecule has 1 N–H and O–H groups in total. The zero-order valence-corrected chi connectivity index (χ0v) is 15.6. The van der Waals surface area contributed by atoms with Crippen molar-refractivity contribution in [1.29, 1.82) is 0 Å². The van der Waals surface area contributed by atoms with Gasteiger partial charge in [0.25, 0.3) is 0 Å². The third kappa shape index (κ3) is 2.89. The Labute approximate surface area is 157 Å². The predicted octanol–water partition coefficient (Wildman–Crippen LogP) is 3.61. The molecule has 0 saturated heterocycles. The highest BCUT2D eigenvalue weighted by atomic mass is 16.5. The van der Waals surface area contributed by atoms with E-state index in [9.17, 15) is 4.79 Å². The first-order chi connectivity index (χ1) is 13.2. The van der Waals surface area contributed by atoms with Crippen molar-refractivity contribution < 1.29 is 9.53 Å². The molecule has 0 amide bonds. The quantitative estimate of drug-likeness (QED) is 0.696. The summed E-state index contributed by atoms with van der Waals surface area (Å²) in [4.78, 5) is 19.8. The monoisotopic (exact) mass is 367 g/mol. The van der Waals surface area contributed by atoms with Gasteiger partial charge in [-0.3, -0.25) is 9.20 Å². The molecule has 3 aromatic heterocycles. The average Bonchev–Trinajstić information content (AvgIpc) is 3.34. The Morgan fingerprint density at radius 1 is 1.33 bits per heavy atom. The molecule has 2 saturated carbocycles. The van der Waals surface area contributed by atoms with E-state index >= 15 is 0 Å². The molecule has 0 bridgehead atoms. The summed E-state index contributed by atoms with van der Waals surface area (Å²) in [5.41, 5.74) is 2.59. The number of nitrogens with zero attached hydrogens (tertiary/aromatic N) is 4. The number of aromatic nitrogens is 5. The van der Waals surface area contributed by atoms with Gasteiger partial charge in [-0.15, -0.1) is 10.2 Å². The van der Waals surface area contributed by atoms with Crippen LogP contribution in [0.3, 0.4) is 0 Å². The Morgan fingerprint density at radius 2 is 2.22 bits per heavy atom. The topological polar surface area (TPSA) is 85.2 Å². The Balaban J connectivity index is 1.40. The average molecular weight is 367 g/mol. The van der Waals surface area contributed by atoms with Gasteiger partial charge in [-0.05, 0) is 43.6 Å². The fourth-order valence-corrected chi connectivity index (χ4v) is 4.74. The van der Waals surface area contributed by atoms with Gasteiger partial charge in [-0.1, -0.05) is 19.8 Å². The van der Waals surface area contributed by atoms with Crippen LogP contribution in [0, 0.1) is 11.8 Å². The van der Waals surface area contributed by atoms with Crippen molar-refractivity contribution in [2.24, 2.45) is 11.8 Å². The number of H-pyrrole nitrogens is 1. The van der Waals surface area contributed by atoms with Gasteiger partial charge in [0.15, 0.2) is 11.3 Å². The molecule has 3 aromatic rings. The number of ether oxygens (including phenoxy) is 1. The minimum Gasteiger partial charge on any atom is -0.462 e. The first kappa shape index (κ1) is 16.7. The van der Waals surface area contributed by atoms with E-state index in [1.807, 2.05) is 12.3 Å². The number of hydrogen-bond donors (Lipinski definition) is 1. The Hall–Kier alpha value is -2.44. The van der Waals surface area contributed by atoms with Gasteiger partial charge in [0, 0.05) is 18.5 Å². The lowest BCUT2D eigenvalue weighted by molar-refractivity contribution is -0.150. The second-order valence-corrected chi connectivity index (χ2v) is 8.08. The van der Waals surface area contributed by atoms with E-state index in [-0.39, 0.29) is 18.0 Å². The van der Waals surface area contributed by atoms with Crippen molar-refractivity contribution in [3.63, 3.8) is 0 Å². The number of carbonyl (C=O) groups is 1. The minimum atomic E-state index is -0.0245. The van der Waals surface area contributed by atoms with E-state index in [0.717, 1.165) is 41.9 Å². The first-order valence-electron chi connectivity index (χ1n) is 10.1. The van der Waals surface area contributed by atoms with Crippen molar-refractivity contribution in [2.75, 3.05) is 0 Å². The SMILES string of the molecule is CC[C@@H]1C[C@@H](OC(=O)CC2CCC2)C[C@@H]1c1nnc2cnc3[nH]ccc3n12. The second-order valence-electron chi connectivity index (χ2n) is 8.08. The molecule has 7 heteroatoms. The fraction of sp³-hybridized carbons (Fsp3) is 0.600. The van der Waals surface area contributed by atoms with Gasteiger partial charge < -0.3 is 9.72 Å². The molecule has 7 nitrogen and oxygen atoms in total. The molecule has 3 heterocycles. The van der Waals surface area contributed by atoms with E-state index in [1.54, 1.807) is 6.20 Å². The molecule has 0 radical (unpaired) electrons. The second kappa shape index (κ2) is 6.62. The van der Waals surface area contributed by atoms with E-state index < -0.39 is 0 Å². The molecule has 0 aliphatic heterocycles. The van der Waals surface area contributed by atoms with Crippen molar-refractivity contribution in [1.82, 2.24) is 24.6 Å². The van der Waals surface area contributed by atoms with Crippen LogP contribution in [0.4, 0.5) is 0 Å². The summed E-state index contributed by atoms with van der Waals surface area (Å²) >= 11 is 0. The van der Waals surface area contributed by atoms with Gasteiger partial charge in [-0.25, -0.2) is 4.98 Å². The molecular weight excluding hydrogens is 342 g/mol. The number of rotatable bonds is 5. The van der Waals surface area contributed by atoms with Crippen LogP contribution in [-0.4, -0.2) is 36.6 Å². The molecule has 0 aromatic carbocycles. The van der Waals surface area contributed by atoms with E-state index in [0.29, 0.717) is 18.3 Å². The summed E-state index contributed by atoms with van der Waals surface area (Å²) < 4.78 is 7.95. The highest BCUT2D eigenvalue weighted by molar-refractivity contribution is 5.74. The number of nitrogens with one attached hydrogen (secondary N) is 1. The van der Waals surface area contributed by atoms with Gasteiger partial charge in [0.1, 0.15) is 11.9 Å². The predicted molar refractivity (Wildman–Crippen MR) is 100 cm³/mol. The van der Waals surface area contributed by atoms with Gasteiger partial charge >= 0.3 is 5.97 Å². The van der Waals surface area contributed by atoms with Gasteiger partial charge in [0.05, 0.1) is 11.7 Å². The lowest BCUT2D eigenvalue weighted by Gasteiger charge is -2.24. The summed E-state index contributed by atoms with van der Waals surface area (Å²) in [7, 11) is 0. The Kier molecular flexibility index (Phi) is 4.10. The number of fused-ring (bicyclic) bond motifs is 3. The van der Waals surface area contributed by atoms with Crippen LogP contribution in [0.2, 0.25) is 0 Å². The summed E-state index contributed by atoms with van der Waals surface area (Å²) in [5.74, 6) is 2.17. The smallest absolute Gasteiger partial charge is 0.306 e. The summed E-state index contributed by atoms with van der Waals surface area (Å²) in [6.07, 6.45) is 10.6. The van der Waals surface area contributed by atoms with Crippen LogP contribution in [0.25, 0.3) is 16.8 Å². The van der Waals surface area contributed by atoms with Crippen LogP contribution in [0.5, 0.6) is 0 Å². The summed E-state index contributed by atoms with van der Waals surface area (Å²) in [5, 5.41) is 8.84. The van der Waals surface area contributed by atoms with Gasteiger partial charge in [-0.2, -0.15) is 0 Å². The zero-order valence-electron chi connectivity index (χ0n) is 15.6. The molecule has 2 aliphatic rings. The van der Waals surface area contributed by atoms with Crippen LogP contribution >= 0.6 is 0 Å². The number of carbonyl (C=O) groups excluding carboxylic acids is 1. The third-order valence-electron chi connectivity index (χ3n) is 6.45. The van der Waals surface area contributed by atoms with Crippen LogP contribution in [-0.2, 0) is 9.53 Å². The van der Waals surface area contributed by atoms with E-state index in [1.165, 1.54) is 19.3 Å². The Morgan fingerprint density at radius 3 is 3.00 bits per heavy atom. The van der Waals surface area contributed by atoms with Crippen LogP contribution < -0.4 is 0 Å². The highest BCUT2D eigenvalue weighted by Crippen LogP contribution is 2.43. The fourth-order valence-electron chi connectivity index (χ4n) is 4.74. The molecule has 3 atom stereocenters. The lowest BCUT2D eigenvalue weighted by atomic mass is 9.83. The maximum atomic E-state index is 12.3. The largest absolute Gasteiger partial charge is 0.462 e. The highest BCUT2D eigenvalue weighted by Gasteiger charge is 2.39. The molecule has 2 aliphatic carbocycles. The number of esters is 1. The minimum absolute atomic E-state index is 0.0107. The maximum absolute atomic E-state index is 12.3. The molecule has 2 fully saturated rings. The lowest BCUT2D eigenvalue weighted by Crippen LogP contribution is -2.21. The van der Waals surface area contributed by atoms with Crippen molar-refractivity contribution in [3.05, 3.63) is 24.3 Å². The van der Waals surface area contributed by atoms with Crippen molar-refractivity contribution in [3.8, 4) is 0 Å². The van der Waals surface area contributed by atoms with E-state index in [2.05, 4.69) is 31.5 Å². The molecule has 0 unspecified atom stereocenters. The molecule has 142 valence electrons. The summed E-state index contributed by atoms with van der Waals surface area (Å²) in [6, 6.07) is 2.01. The number of hydrogen-bond acceptors (Lipinski definition) is 5.